The highest BCUT2D eigenvalue weighted by Gasteiger charge is 2.21. The average Bonchev–Trinajstić information content (AvgIpc) is 3.03. The Bertz CT molecular complexity index is 208. The molecular weight excluding hydrogens is 204 g/mol. The van der Waals surface area contributed by atoms with Crippen LogP contribution in [0.4, 0.5) is 0 Å². The third kappa shape index (κ3) is 4.37. The first-order valence-electron chi connectivity index (χ1n) is 6.39. The molecule has 0 radical (unpaired) electrons. The van der Waals surface area contributed by atoms with Crippen molar-refractivity contribution in [2.24, 2.45) is 5.92 Å². The molecule has 15 heavy (non-hydrogen) atoms. The van der Waals surface area contributed by atoms with Crippen LogP contribution in [-0.2, 0) is 0 Å². The molecule has 3 heteroatoms. The number of hydrogen-bond donors (Lipinski definition) is 2. The molecule has 0 heterocycles. The van der Waals surface area contributed by atoms with Crippen LogP contribution in [0.3, 0.4) is 0 Å². The lowest BCUT2D eigenvalue weighted by atomic mass is 9.87. The summed E-state index contributed by atoms with van der Waals surface area (Å²) in [7, 11) is 0. The van der Waals surface area contributed by atoms with Crippen LogP contribution in [0.2, 0.25) is 0 Å². The van der Waals surface area contributed by atoms with Gasteiger partial charge in [-0.1, -0.05) is 32.1 Å². The highest BCUT2D eigenvalue weighted by Crippen LogP contribution is 2.25. The zero-order valence-electron chi connectivity index (χ0n) is 9.43. The van der Waals surface area contributed by atoms with Gasteiger partial charge in [0.2, 0.25) is 0 Å². The van der Waals surface area contributed by atoms with Gasteiger partial charge in [-0.15, -0.1) is 0 Å². The molecule has 2 aliphatic carbocycles. The first-order chi connectivity index (χ1) is 7.34. The molecule has 2 saturated carbocycles. The number of rotatable bonds is 4. The first kappa shape index (κ1) is 11.2. The molecular formula is C12H22N2S. The highest BCUT2D eigenvalue weighted by molar-refractivity contribution is 7.80. The summed E-state index contributed by atoms with van der Waals surface area (Å²) >= 11 is 5.21. The van der Waals surface area contributed by atoms with E-state index in [1.807, 2.05) is 0 Å². The first-order valence-corrected chi connectivity index (χ1v) is 6.80. The molecule has 2 fully saturated rings. The molecule has 0 aromatic carbocycles. The van der Waals surface area contributed by atoms with Gasteiger partial charge < -0.3 is 10.6 Å². The Morgan fingerprint density at radius 2 is 1.80 bits per heavy atom. The van der Waals surface area contributed by atoms with Gasteiger partial charge in [-0.2, -0.15) is 0 Å². The molecule has 0 aromatic heterocycles. The molecule has 0 aliphatic heterocycles. The minimum absolute atomic E-state index is 0.680. The normalized spacial score (nSPS) is 22.4. The van der Waals surface area contributed by atoms with Crippen molar-refractivity contribution in [1.29, 1.82) is 0 Å². The fourth-order valence-electron chi connectivity index (χ4n) is 2.33. The third-order valence-electron chi connectivity index (χ3n) is 3.48. The van der Waals surface area contributed by atoms with Crippen LogP contribution in [0.1, 0.15) is 51.4 Å². The predicted molar refractivity (Wildman–Crippen MR) is 68.0 cm³/mol. The SMILES string of the molecule is S=C(NCCC1CCCCC1)NC1CC1. The van der Waals surface area contributed by atoms with E-state index < -0.39 is 0 Å². The van der Waals surface area contributed by atoms with E-state index >= 15 is 0 Å². The second-order valence-corrected chi connectivity index (χ2v) is 5.38. The van der Waals surface area contributed by atoms with E-state index in [4.69, 9.17) is 12.2 Å². The fourth-order valence-corrected chi connectivity index (χ4v) is 2.60. The van der Waals surface area contributed by atoms with E-state index in [0.717, 1.165) is 17.6 Å². The molecule has 0 amide bonds. The Kier molecular flexibility index (Phi) is 4.24. The van der Waals surface area contributed by atoms with Crippen LogP contribution >= 0.6 is 12.2 Å². The lowest BCUT2D eigenvalue weighted by Gasteiger charge is -2.21. The summed E-state index contributed by atoms with van der Waals surface area (Å²) in [6, 6.07) is 0.680. The van der Waals surface area contributed by atoms with Crippen molar-refractivity contribution in [3.05, 3.63) is 0 Å². The van der Waals surface area contributed by atoms with Crippen molar-refractivity contribution in [3.63, 3.8) is 0 Å². The predicted octanol–water partition coefficient (Wildman–Crippen LogP) is 2.58. The highest BCUT2D eigenvalue weighted by atomic mass is 32.1. The van der Waals surface area contributed by atoms with Gasteiger partial charge in [-0.05, 0) is 37.4 Å². The van der Waals surface area contributed by atoms with Crippen molar-refractivity contribution in [2.75, 3.05) is 6.54 Å². The fraction of sp³-hybridized carbons (Fsp3) is 0.917. The lowest BCUT2D eigenvalue weighted by Crippen LogP contribution is -2.37. The second kappa shape index (κ2) is 5.69. The van der Waals surface area contributed by atoms with Gasteiger partial charge >= 0.3 is 0 Å². The van der Waals surface area contributed by atoms with Crippen LogP contribution in [0, 0.1) is 5.92 Å². The molecule has 2 rings (SSSR count). The molecule has 0 atom stereocenters. The quantitative estimate of drug-likeness (QED) is 0.721. The second-order valence-electron chi connectivity index (χ2n) is 4.97. The minimum Gasteiger partial charge on any atom is -0.363 e. The van der Waals surface area contributed by atoms with Crippen LogP contribution in [0.5, 0.6) is 0 Å². The summed E-state index contributed by atoms with van der Waals surface area (Å²) in [5.74, 6) is 0.954. The van der Waals surface area contributed by atoms with Gasteiger partial charge in [0.15, 0.2) is 5.11 Å². The maximum Gasteiger partial charge on any atom is 0.166 e. The van der Waals surface area contributed by atoms with E-state index in [-0.39, 0.29) is 0 Å². The van der Waals surface area contributed by atoms with Crippen molar-refractivity contribution in [2.45, 2.75) is 57.4 Å². The molecule has 0 saturated heterocycles. The minimum atomic E-state index is 0.680. The summed E-state index contributed by atoms with van der Waals surface area (Å²) in [6.07, 6.45) is 11.1. The van der Waals surface area contributed by atoms with E-state index in [1.165, 1.54) is 51.4 Å². The monoisotopic (exact) mass is 226 g/mol. The number of hydrogen-bond acceptors (Lipinski definition) is 1. The van der Waals surface area contributed by atoms with Crippen molar-refractivity contribution < 1.29 is 0 Å². The maximum atomic E-state index is 5.21. The Hall–Kier alpha value is -0.310. The van der Waals surface area contributed by atoms with Crippen molar-refractivity contribution in [3.8, 4) is 0 Å². The molecule has 0 spiro atoms. The zero-order chi connectivity index (χ0) is 10.5. The molecule has 0 aromatic rings. The summed E-state index contributed by atoms with van der Waals surface area (Å²) in [5.41, 5.74) is 0. The largest absolute Gasteiger partial charge is 0.363 e. The summed E-state index contributed by atoms with van der Waals surface area (Å²) < 4.78 is 0. The zero-order valence-corrected chi connectivity index (χ0v) is 10.2. The molecule has 0 bridgehead atoms. The summed E-state index contributed by atoms with van der Waals surface area (Å²) in [6.45, 7) is 1.06. The maximum absolute atomic E-state index is 5.21. The van der Waals surface area contributed by atoms with Gasteiger partial charge in [-0.3, -0.25) is 0 Å². The van der Waals surface area contributed by atoms with E-state index in [0.29, 0.717) is 6.04 Å². The van der Waals surface area contributed by atoms with Gasteiger partial charge in [0.25, 0.3) is 0 Å². The Morgan fingerprint density at radius 1 is 1.07 bits per heavy atom. The van der Waals surface area contributed by atoms with Crippen LogP contribution in [0.25, 0.3) is 0 Å². The van der Waals surface area contributed by atoms with Gasteiger partial charge in [0.05, 0.1) is 0 Å². The molecule has 2 aliphatic rings. The van der Waals surface area contributed by atoms with E-state index in [2.05, 4.69) is 10.6 Å². The van der Waals surface area contributed by atoms with E-state index in [9.17, 15) is 0 Å². The van der Waals surface area contributed by atoms with Crippen LogP contribution < -0.4 is 10.6 Å². The summed E-state index contributed by atoms with van der Waals surface area (Å²) in [4.78, 5) is 0. The van der Waals surface area contributed by atoms with Crippen molar-refractivity contribution >= 4 is 17.3 Å². The van der Waals surface area contributed by atoms with Gasteiger partial charge in [0, 0.05) is 12.6 Å². The summed E-state index contributed by atoms with van der Waals surface area (Å²) in [5, 5.41) is 7.50. The number of thiocarbonyl (C=S) groups is 1. The van der Waals surface area contributed by atoms with Crippen LogP contribution in [-0.4, -0.2) is 17.7 Å². The standard InChI is InChI=1S/C12H22N2S/c15-12(14-11-6-7-11)13-9-8-10-4-2-1-3-5-10/h10-11H,1-9H2,(H2,13,14,15). The van der Waals surface area contributed by atoms with E-state index in [1.54, 1.807) is 0 Å². The smallest absolute Gasteiger partial charge is 0.166 e. The van der Waals surface area contributed by atoms with Crippen molar-refractivity contribution in [1.82, 2.24) is 10.6 Å². The van der Waals surface area contributed by atoms with Gasteiger partial charge in [-0.25, -0.2) is 0 Å². The third-order valence-corrected chi connectivity index (χ3v) is 3.74. The topological polar surface area (TPSA) is 24.1 Å². The average molecular weight is 226 g/mol. The molecule has 2 N–H and O–H groups in total. The Morgan fingerprint density at radius 3 is 2.47 bits per heavy atom. The number of nitrogens with one attached hydrogen (secondary N) is 2. The molecule has 0 unspecified atom stereocenters. The Labute approximate surface area is 98.2 Å². The lowest BCUT2D eigenvalue weighted by molar-refractivity contribution is 0.339. The van der Waals surface area contributed by atoms with Gasteiger partial charge in [0.1, 0.15) is 0 Å². The Balaban J connectivity index is 1.51. The molecule has 86 valence electrons. The molecule has 2 nitrogen and oxygen atoms in total. The van der Waals surface area contributed by atoms with Crippen LogP contribution in [0.15, 0.2) is 0 Å².